The van der Waals surface area contributed by atoms with Crippen LogP contribution in [0.4, 0.5) is 4.39 Å². The Morgan fingerprint density at radius 2 is 1.83 bits per heavy atom. The quantitative estimate of drug-likeness (QED) is 0.788. The number of hydrogen-bond acceptors (Lipinski definition) is 4. The van der Waals surface area contributed by atoms with Crippen LogP contribution in [0.2, 0.25) is 0 Å². The molecule has 134 valence electrons. The number of hydrogen-bond donors (Lipinski definition) is 1. The van der Waals surface area contributed by atoms with Crippen molar-refractivity contribution in [3.05, 3.63) is 35.6 Å². The number of nitrogens with zero attached hydrogens (tertiary/aromatic N) is 2. The summed E-state index contributed by atoms with van der Waals surface area (Å²) in [5, 5.41) is 3.11. The lowest BCUT2D eigenvalue weighted by atomic mass is 10.2. The molecule has 0 atom stereocenters. The molecule has 0 unspecified atom stereocenters. The van der Waals surface area contributed by atoms with Crippen LogP contribution in [0.15, 0.2) is 24.3 Å². The molecule has 1 aromatic rings. The van der Waals surface area contributed by atoms with Gasteiger partial charge in [0, 0.05) is 44.8 Å². The molecule has 24 heavy (non-hydrogen) atoms. The van der Waals surface area contributed by atoms with Crippen LogP contribution in [-0.4, -0.2) is 68.6 Å². The Morgan fingerprint density at radius 1 is 1.21 bits per heavy atom. The molecule has 0 saturated carbocycles. The van der Waals surface area contributed by atoms with Crippen LogP contribution in [0.5, 0.6) is 0 Å². The minimum absolute atomic E-state index is 0.0973. The van der Waals surface area contributed by atoms with E-state index in [1.54, 1.807) is 0 Å². The molecule has 1 aromatic carbocycles. The largest absolute Gasteiger partial charge is 0.338 e. The van der Waals surface area contributed by atoms with Gasteiger partial charge in [-0.2, -0.15) is 4.31 Å². The standard InChI is InChI=1S/C16H24FN3O3S/c1-2-9-19(16(21)14-3-5-15(17)6-4-14)12-13-24(22,23)20-10-7-18-8-11-20/h3-6,18H,2,7-13H2,1H3. The number of amides is 1. The van der Waals surface area contributed by atoms with E-state index in [9.17, 15) is 17.6 Å². The van der Waals surface area contributed by atoms with Crippen molar-refractivity contribution < 1.29 is 17.6 Å². The van der Waals surface area contributed by atoms with Gasteiger partial charge in [0.05, 0.1) is 5.75 Å². The second-order valence-electron chi connectivity index (χ2n) is 5.76. The molecule has 2 rings (SSSR count). The van der Waals surface area contributed by atoms with Crippen molar-refractivity contribution in [1.82, 2.24) is 14.5 Å². The Morgan fingerprint density at radius 3 is 2.42 bits per heavy atom. The van der Waals surface area contributed by atoms with Crippen LogP contribution in [-0.2, 0) is 10.0 Å². The predicted octanol–water partition coefficient (Wildman–Crippen LogP) is 0.913. The first-order valence-electron chi connectivity index (χ1n) is 8.17. The molecule has 0 radical (unpaired) electrons. The van der Waals surface area contributed by atoms with Gasteiger partial charge >= 0.3 is 0 Å². The Labute approximate surface area is 142 Å². The van der Waals surface area contributed by atoms with E-state index < -0.39 is 15.8 Å². The predicted molar refractivity (Wildman–Crippen MR) is 90.8 cm³/mol. The van der Waals surface area contributed by atoms with Gasteiger partial charge in [-0.15, -0.1) is 0 Å². The summed E-state index contributed by atoms with van der Waals surface area (Å²) in [5.74, 6) is -0.776. The van der Waals surface area contributed by atoms with Gasteiger partial charge in [0.1, 0.15) is 5.82 Å². The van der Waals surface area contributed by atoms with Gasteiger partial charge in [-0.25, -0.2) is 12.8 Å². The first-order chi connectivity index (χ1) is 11.4. The van der Waals surface area contributed by atoms with Crippen LogP contribution >= 0.6 is 0 Å². The Balaban J connectivity index is 2.02. The maximum Gasteiger partial charge on any atom is 0.253 e. The first kappa shape index (κ1) is 18.8. The number of piperazine rings is 1. The van der Waals surface area contributed by atoms with Crippen LogP contribution < -0.4 is 5.32 Å². The summed E-state index contributed by atoms with van der Waals surface area (Å²) in [6, 6.07) is 5.31. The second kappa shape index (κ2) is 8.55. The highest BCUT2D eigenvalue weighted by molar-refractivity contribution is 7.89. The molecular formula is C16H24FN3O3S. The molecule has 1 saturated heterocycles. The molecule has 6 nitrogen and oxygen atoms in total. The van der Waals surface area contributed by atoms with Crippen LogP contribution in [0.1, 0.15) is 23.7 Å². The molecule has 1 aliphatic heterocycles. The molecule has 1 heterocycles. The van der Waals surface area contributed by atoms with Crippen molar-refractivity contribution in [2.75, 3.05) is 45.0 Å². The molecule has 1 amide bonds. The summed E-state index contributed by atoms with van der Waals surface area (Å²) in [4.78, 5) is 14.0. The van der Waals surface area contributed by atoms with Crippen molar-refractivity contribution in [1.29, 1.82) is 0 Å². The van der Waals surface area contributed by atoms with E-state index >= 15 is 0 Å². The second-order valence-corrected chi connectivity index (χ2v) is 7.85. The number of carbonyl (C=O) groups is 1. The van der Waals surface area contributed by atoms with Gasteiger partial charge in [0.25, 0.3) is 5.91 Å². The highest BCUT2D eigenvalue weighted by Crippen LogP contribution is 2.10. The van der Waals surface area contributed by atoms with Gasteiger partial charge in [0.15, 0.2) is 0 Å². The van der Waals surface area contributed by atoms with Gasteiger partial charge in [0.2, 0.25) is 10.0 Å². The highest BCUT2D eigenvalue weighted by Gasteiger charge is 2.25. The normalized spacial score (nSPS) is 16.1. The fraction of sp³-hybridized carbons (Fsp3) is 0.562. The Kier molecular flexibility index (Phi) is 6.70. The Bertz CT molecular complexity index is 643. The number of rotatable bonds is 7. The van der Waals surface area contributed by atoms with E-state index in [2.05, 4.69) is 5.32 Å². The van der Waals surface area contributed by atoms with Gasteiger partial charge in [-0.1, -0.05) is 6.92 Å². The average Bonchev–Trinajstić information content (AvgIpc) is 2.59. The average molecular weight is 357 g/mol. The molecular weight excluding hydrogens is 333 g/mol. The molecule has 1 N–H and O–H groups in total. The summed E-state index contributed by atoms with van der Waals surface area (Å²) >= 11 is 0. The zero-order valence-electron chi connectivity index (χ0n) is 13.9. The van der Waals surface area contributed by atoms with Gasteiger partial charge in [-0.3, -0.25) is 4.79 Å². The summed E-state index contributed by atoms with van der Waals surface area (Å²) in [6.45, 7) is 4.74. The fourth-order valence-corrected chi connectivity index (χ4v) is 4.09. The third-order valence-electron chi connectivity index (χ3n) is 3.96. The maximum atomic E-state index is 13.0. The van der Waals surface area contributed by atoms with E-state index in [1.165, 1.54) is 33.5 Å². The van der Waals surface area contributed by atoms with Crippen molar-refractivity contribution >= 4 is 15.9 Å². The minimum Gasteiger partial charge on any atom is -0.338 e. The van der Waals surface area contributed by atoms with Gasteiger partial charge in [-0.05, 0) is 30.7 Å². The van der Waals surface area contributed by atoms with Crippen molar-refractivity contribution in [2.24, 2.45) is 0 Å². The molecule has 8 heteroatoms. The van der Waals surface area contributed by atoms with E-state index in [1.807, 2.05) is 6.92 Å². The molecule has 0 bridgehead atoms. The first-order valence-corrected chi connectivity index (χ1v) is 9.78. The number of halogens is 1. The molecule has 0 aromatic heterocycles. The molecule has 0 aliphatic carbocycles. The minimum atomic E-state index is -3.38. The zero-order chi connectivity index (χ0) is 17.6. The third kappa shape index (κ3) is 4.99. The fourth-order valence-electron chi connectivity index (χ4n) is 2.64. The maximum absolute atomic E-state index is 13.0. The third-order valence-corrected chi connectivity index (χ3v) is 5.81. The summed E-state index contributed by atoms with van der Waals surface area (Å²) in [6.07, 6.45) is 0.723. The van der Waals surface area contributed by atoms with E-state index in [-0.39, 0.29) is 18.2 Å². The lowest BCUT2D eigenvalue weighted by Crippen LogP contribution is -2.48. The summed E-state index contributed by atoms with van der Waals surface area (Å²) in [7, 11) is -3.38. The number of sulfonamides is 1. The van der Waals surface area contributed by atoms with Crippen LogP contribution in [0.25, 0.3) is 0 Å². The summed E-state index contributed by atoms with van der Waals surface area (Å²) in [5.41, 5.74) is 0.365. The van der Waals surface area contributed by atoms with E-state index in [0.29, 0.717) is 38.3 Å². The molecule has 0 spiro atoms. The van der Waals surface area contributed by atoms with Crippen LogP contribution in [0, 0.1) is 5.82 Å². The van der Waals surface area contributed by atoms with Crippen molar-refractivity contribution in [3.8, 4) is 0 Å². The van der Waals surface area contributed by atoms with Crippen molar-refractivity contribution in [3.63, 3.8) is 0 Å². The Hall–Kier alpha value is -1.51. The van der Waals surface area contributed by atoms with E-state index in [0.717, 1.165) is 6.42 Å². The SMILES string of the molecule is CCCN(CCS(=O)(=O)N1CCNCC1)C(=O)c1ccc(F)cc1. The summed E-state index contributed by atoms with van der Waals surface area (Å²) < 4.78 is 39.3. The molecule has 1 fully saturated rings. The molecule has 1 aliphatic rings. The van der Waals surface area contributed by atoms with Gasteiger partial charge < -0.3 is 10.2 Å². The highest BCUT2D eigenvalue weighted by atomic mass is 32.2. The monoisotopic (exact) mass is 357 g/mol. The lowest BCUT2D eigenvalue weighted by Gasteiger charge is -2.28. The van der Waals surface area contributed by atoms with Crippen LogP contribution in [0.3, 0.4) is 0 Å². The van der Waals surface area contributed by atoms with Crippen molar-refractivity contribution in [2.45, 2.75) is 13.3 Å². The number of carbonyl (C=O) groups excluding carboxylic acids is 1. The number of benzene rings is 1. The topological polar surface area (TPSA) is 69.7 Å². The smallest absolute Gasteiger partial charge is 0.253 e. The lowest BCUT2D eigenvalue weighted by molar-refractivity contribution is 0.0765. The van der Waals surface area contributed by atoms with E-state index in [4.69, 9.17) is 0 Å². The number of nitrogens with one attached hydrogen (secondary N) is 1. The zero-order valence-corrected chi connectivity index (χ0v) is 14.7.